The number of halogens is 1. The number of ether oxygens (including phenoxy) is 2. The van der Waals surface area contributed by atoms with E-state index in [1.165, 1.54) is 19.2 Å². The van der Waals surface area contributed by atoms with Crippen molar-refractivity contribution in [2.75, 3.05) is 12.4 Å². The summed E-state index contributed by atoms with van der Waals surface area (Å²) in [7, 11) is 1.40. The number of nitro groups is 1. The van der Waals surface area contributed by atoms with Gasteiger partial charge in [0, 0.05) is 0 Å². The van der Waals surface area contributed by atoms with Crippen molar-refractivity contribution >= 4 is 33.4 Å². The van der Waals surface area contributed by atoms with Crippen LogP contribution in [0.3, 0.4) is 0 Å². The Hall–Kier alpha value is -1.83. The lowest BCUT2D eigenvalue weighted by molar-refractivity contribution is -0.384. The van der Waals surface area contributed by atoms with Crippen LogP contribution in [0.4, 0.5) is 16.2 Å². The van der Waals surface area contributed by atoms with E-state index in [2.05, 4.69) is 21.2 Å². The molecule has 0 bridgehead atoms. The number of nitrogens with one attached hydrogen (secondary N) is 1. The van der Waals surface area contributed by atoms with Gasteiger partial charge in [0.25, 0.3) is 5.69 Å². The van der Waals surface area contributed by atoms with E-state index in [4.69, 9.17) is 9.47 Å². The molecule has 20 heavy (non-hydrogen) atoms. The minimum absolute atomic E-state index is 0.0186. The zero-order valence-electron chi connectivity index (χ0n) is 11.5. The quantitative estimate of drug-likeness (QED) is 0.665. The molecule has 8 heteroatoms. The molecule has 0 heterocycles. The Morgan fingerprint density at radius 3 is 2.45 bits per heavy atom. The van der Waals surface area contributed by atoms with Crippen molar-refractivity contribution in [3.8, 4) is 5.75 Å². The maximum atomic E-state index is 11.7. The van der Waals surface area contributed by atoms with Crippen LogP contribution in [0, 0.1) is 10.1 Å². The maximum Gasteiger partial charge on any atom is 0.412 e. The molecule has 0 spiro atoms. The number of benzene rings is 1. The van der Waals surface area contributed by atoms with Gasteiger partial charge < -0.3 is 9.47 Å². The molecule has 0 aliphatic carbocycles. The van der Waals surface area contributed by atoms with Crippen LogP contribution in [-0.2, 0) is 4.74 Å². The van der Waals surface area contributed by atoms with Crippen molar-refractivity contribution in [3.63, 3.8) is 0 Å². The summed E-state index contributed by atoms with van der Waals surface area (Å²) in [5.74, 6) is 0.304. The van der Waals surface area contributed by atoms with E-state index in [0.717, 1.165) is 0 Å². The Labute approximate surface area is 124 Å². The van der Waals surface area contributed by atoms with Crippen molar-refractivity contribution in [1.29, 1.82) is 0 Å². The van der Waals surface area contributed by atoms with Crippen molar-refractivity contribution in [2.45, 2.75) is 26.4 Å². The van der Waals surface area contributed by atoms with Gasteiger partial charge in [0.05, 0.1) is 22.6 Å². The topological polar surface area (TPSA) is 90.7 Å². The number of rotatable bonds is 3. The lowest BCUT2D eigenvalue weighted by Gasteiger charge is -2.20. The average molecular weight is 347 g/mol. The van der Waals surface area contributed by atoms with E-state index < -0.39 is 16.6 Å². The maximum absolute atomic E-state index is 11.7. The molecule has 1 amide bonds. The van der Waals surface area contributed by atoms with E-state index in [-0.39, 0.29) is 11.4 Å². The highest BCUT2D eigenvalue weighted by Crippen LogP contribution is 2.37. The highest BCUT2D eigenvalue weighted by atomic mass is 79.9. The van der Waals surface area contributed by atoms with Crippen molar-refractivity contribution in [1.82, 2.24) is 0 Å². The molecule has 0 saturated heterocycles. The third-order valence-electron chi connectivity index (χ3n) is 2.10. The molecule has 0 radical (unpaired) electrons. The summed E-state index contributed by atoms with van der Waals surface area (Å²) in [5.41, 5.74) is -0.968. The average Bonchev–Trinajstić information content (AvgIpc) is 2.28. The molecule has 0 aromatic heterocycles. The normalized spacial score (nSPS) is 10.8. The van der Waals surface area contributed by atoms with E-state index >= 15 is 0 Å². The molecule has 0 aliphatic heterocycles. The fourth-order valence-corrected chi connectivity index (χ4v) is 1.89. The van der Waals surface area contributed by atoms with Crippen LogP contribution < -0.4 is 10.1 Å². The third-order valence-corrected chi connectivity index (χ3v) is 2.73. The summed E-state index contributed by atoms with van der Waals surface area (Å²) in [6.45, 7) is 5.10. The monoisotopic (exact) mass is 346 g/mol. The third kappa shape index (κ3) is 4.37. The summed E-state index contributed by atoms with van der Waals surface area (Å²) in [6.07, 6.45) is -0.772. The first-order chi connectivity index (χ1) is 9.14. The number of anilines is 1. The summed E-state index contributed by atoms with van der Waals surface area (Å²) in [6, 6.07) is 2.73. The Kier molecular flexibility index (Phi) is 4.93. The number of methoxy groups -OCH3 is 1. The molecule has 1 aromatic carbocycles. The van der Waals surface area contributed by atoms with Crippen molar-refractivity contribution in [2.24, 2.45) is 0 Å². The summed E-state index contributed by atoms with van der Waals surface area (Å²) in [5, 5.41) is 13.4. The standard InChI is InChI=1S/C12H15BrN2O5/c1-12(2,3)20-11(16)14-10-8(13)5-7(19-4)6-9(10)15(17)18/h5-6H,1-4H3,(H,14,16). The fourth-order valence-electron chi connectivity index (χ4n) is 1.36. The minimum Gasteiger partial charge on any atom is -0.496 e. The van der Waals surface area contributed by atoms with Gasteiger partial charge in [0.15, 0.2) is 0 Å². The Bertz CT molecular complexity index is 539. The van der Waals surface area contributed by atoms with Crippen LogP contribution in [0.2, 0.25) is 0 Å². The van der Waals surface area contributed by atoms with Gasteiger partial charge in [-0.15, -0.1) is 0 Å². The van der Waals surface area contributed by atoms with Crippen LogP contribution in [-0.4, -0.2) is 23.7 Å². The number of carbonyl (C=O) groups excluding carboxylic acids is 1. The van der Waals surface area contributed by atoms with Gasteiger partial charge in [-0.1, -0.05) is 0 Å². The van der Waals surface area contributed by atoms with E-state index in [1.807, 2.05) is 0 Å². The second kappa shape index (κ2) is 6.08. The predicted octanol–water partition coefficient (Wildman–Crippen LogP) is 3.71. The van der Waals surface area contributed by atoms with Gasteiger partial charge in [0.1, 0.15) is 17.0 Å². The van der Waals surface area contributed by atoms with Crippen LogP contribution in [0.15, 0.2) is 16.6 Å². The zero-order chi connectivity index (χ0) is 15.5. The Morgan fingerprint density at radius 1 is 1.40 bits per heavy atom. The smallest absolute Gasteiger partial charge is 0.412 e. The molecular formula is C12H15BrN2O5. The molecule has 1 N–H and O–H groups in total. The highest BCUT2D eigenvalue weighted by molar-refractivity contribution is 9.10. The number of hydrogen-bond acceptors (Lipinski definition) is 5. The summed E-state index contributed by atoms with van der Waals surface area (Å²) < 4.78 is 10.3. The first-order valence-electron chi connectivity index (χ1n) is 5.66. The largest absolute Gasteiger partial charge is 0.496 e. The lowest BCUT2D eigenvalue weighted by atomic mass is 10.2. The van der Waals surface area contributed by atoms with Gasteiger partial charge in [-0.05, 0) is 42.8 Å². The van der Waals surface area contributed by atoms with E-state index in [9.17, 15) is 14.9 Å². The van der Waals surface area contributed by atoms with Crippen LogP contribution >= 0.6 is 15.9 Å². The highest BCUT2D eigenvalue weighted by Gasteiger charge is 2.23. The Balaban J connectivity index is 3.11. The van der Waals surface area contributed by atoms with Gasteiger partial charge in [-0.3, -0.25) is 15.4 Å². The molecule has 0 saturated carbocycles. The molecule has 0 atom stereocenters. The molecule has 1 rings (SSSR count). The van der Waals surface area contributed by atoms with Crippen molar-refractivity contribution < 1.29 is 19.2 Å². The van der Waals surface area contributed by atoms with Gasteiger partial charge >= 0.3 is 6.09 Å². The summed E-state index contributed by atoms with van der Waals surface area (Å²) in [4.78, 5) is 22.1. The lowest BCUT2D eigenvalue weighted by Crippen LogP contribution is -2.27. The van der Waals surface area contributed by atoms with Crippen LogP contribution in [0.25, 0.3) is 0 Å². The SMILES string of the molecule is COc1cc(Br)c(NC(=O)OC(C)(C)C)c([N+](=O)[O-])c1. The molecular weight excluding hydrogens is 332 g/mol. The van der Waals surface area contributed by atoms with Gasteiger partial charge in [-0.25, -0.2) is 4.79 Å². The number of nitrogens with zero attached hydrogens (tertiary/aromatic N) is 1. The number of amides is 1. The van der Waals surface area contributed by atoms with E-state index in [0.29, 0.717) is 10.2 Å². The second-order valence-corrected chi connectivity index (χ2v) is 5.74. The van der Waals surface area contributed by atoms with E-state index in [1.54, 1.807) is 20.8 Å². The fraction of sp³-hybridized carbons (Fsp3) is 0.417. The van der Waals surface area contributed by atoms with Gasteiger partial charge in [0.2, 0.25) is 0 Å². The number of carbonyl (C=O) groups is 1. The first kappa shape index (κ1) is 16.2. The summed E-state index contributed by atoms with van der Waals surface area (Å²) >= 11 is 3.16. The second-order valence-electron chi connectivity index (χ2n) is 4.89. The zero-order valence-corrected chi connectivity index (χ0v) is 13.1. The van der Waals surface area contributed by atoms with Gasteiger partial charge in [-0.2, -0.15) is 0 Å². The Morgan fingerprint density at radius 2 is 2.00 bits per heavy atom. The van der Waals surface area contributed by atoms with Crippen LogP contribution in [0.5, 0.6) is 5.75 Å². The van der Waals surface area contributed by atoms with Crippen LogP contribution in [0.1, 0.15) is 20.8 Å². The molecule has 110 valence electrons. The molecule has 1 aromatic rings. The first-order valence-corrected chi connectivity index (χ1v) is 6.45. The molecule has 7 nitrogen and oxygen atoms in total. The predicted molar refractivity (Wildman–Crippen MR) is 77.2 cm³/mol. The number of hydrogen-bond donors (Lipinski definition) is 1. The molecule has 0 unspecified atom stereocenters. The number of nitro benzene ring substituents is 1. The minimum atomic E-state index is -0.772. The molecule has 0 aliphatic rings. The molecule has 0 fully saturated rings. The van der Waals surface area contributed by atoms with Crippen molar-refractivity contribution in [3.05, 3.63) is 26.7 Å².